The second kappa shape index (κ2) is 17.7. The largest absolute Gasteiger partial charge is 1.00 e. The molecule has 0 aromatic heterocycles. The molecule has 0 N–H and O–H groups in total. The summed E-state index contributed by atoms with van der Waals surface area (Å²) < 4.78 is 51.1. The van der Waals surface area contributed by atoms with Crippen molar-refractivity contribution in [3.8, 4) is 0 Å². The van der Waals surface area contributed by atoms with Gasteiger partial charge in [0, 0.05) is 0 Å². The molecule has 52 valence electrons. The Balaban J connectivity index is -0.0000000300. The third-order valence-corrected chi connectivity index (χ3v) is 0. The van der Waals surface area contributed by atoms with Gasteiger partial charge in [-0.25, -0.2) is 0 Å². The summed E-state index contributed by atoms with van der Waals surface area (Å²) in [5.41, 5.74) is 0. The van der Waals surface area contributed by atoms with E-state index in [9.17, 15) is 0 Å². The Morgan fingerprint density at radius 2 is 0.500 bits per heavy atom. The van der Waals surface area contributed by atoms with Gasteiger partial charge in [0.15, 0.2) is 0 Å². The molecule has 0 spiro atoms. The summed E-state index contributed by atoms with van der Waals surface area (Å²) in [6.07, 6.45) is 0. The summed E-state index contributed by atoms with van der Waals surface area (Å²) in [7, 11) is 0. The molecular weight excluding hydrogens is 302 g/mol. The summed E-state index contributed by atoms with van der Waals surface area (Å²) in [6, 6.07) is 0. The van der Waals surface area contributed by atoms with Gasteiger partial charge in [0.1, 0.15) is 0 Å². The van der Waals surface area contributed by atoms with Crippen molar-refractivity contribution in [1.82, 2.24) is 0 Å². The molecule has 10 heavy (non-hydrogen) atoms. The van der Waals surface area contributed by atoms with Crippen LogP contribution in [0.5, 0.6) is 0 Å². The standard InChI is InChI=1S/2BrO3.2Na/c2*2-1(3)4;;/q2*-1;2*+1. The van der Waals surface area contributed by atoms with Crippen LogP contribution in [0.4, 0.5) is 0 Å². The molecule has 0 atom stereocenters. The molecule has 0 unspecified atom stereocenters. The quantitative estimate of drug-likeness (QED) is 0.407. The first kappa shape index (κ1) is 23.0. The third-order valence-electron chi connectivity index (χ3n) is 0. The Kier molecular flexibility index (Phi) is 40.7. The van der Waals surface area contributed by atoms with E-state index < -0.39 is 29.6 Å². The zero-order valence-electron chi connectivity index (χ0n) is 5.21. The molecule has 10 heteroatoms. The van der Waals surface area contributed by atoms with E-state index in [1.165, 1.54) is 0 Å². The second-order valence-electron chi connectivity index (χ2n) is 0.378. The minimum absolute atomic E-state index is 0. The van der Waals surface area contributed by atoms with Crippen molar-refractivity contribution in [1.29, 1.82) is 0 Å². The Hall–Kier alpha value is 2.72. The fourth-order valence-corrected chi connectivity index (χ4v) is 0. The van der Waals surface area contributed by atoms with Crippen LogP contribution < -0.4 is 84.3 Å². The van der Waals surface area contributed by atoms with Crippen molar-refractivity contribution >= 4 is 0 Å². The van der Waals surface area contributed by atoms with Gasteiger partial charge in [0.05, 0.1) is 0 Å². The van der Waals surface area contributed by atoms with Gasteiger partial charge >= 0.3 is 59.1 Å². The van der Waals surface area contributed by atoms with Crippen molar-refractivity contribution in [3.05, 3.63) is 0 Å². The monoisotopic (exact) mass is 300 g/mol. The van der Waals surface area contributed by atoms with Gasteiger partial charge < -0.3 is 25.2 Å². The van der Waals surface area contributed by atoms with Crippen LogP contribution in [-0.4, -0.2) is 0 Å². The summed E-state index contributed by atoms with van der Waals surface area (Å²) in [6.45, 7) is 0. The van der Waals surface area contributed by atoms with E-state index in [1.54, 1.807) is 0 Å². The van der Waals surface area contributed by atoms with Gasteiger partial charge in [0.25, 0.3) is 0 Å². The van der Waals surface area contributed by atoms with Gasteiger partial charge in [0.2, 0.25) is 29.6 Å². The molecule has 0 aliphatic heterocycles. The normalized spacial score (nSPS) is 7.20. The first-order chi connectivity index (χ1) is 3.46. The fourth-order valence-electron chi connectivity index (χ4n) is 0. The smallest absolute Gasteiger partial charge is 0.405 e. The Morgan fingerprint density at radius 1 is 0.500 bits per heavy atom. The van der Waals surface area contributed by atoms with E-state index in [2.05, 4.69) is 0 Å². The van der Waals surface area contributed by atoms with Gasteiger partial charge in [-0.1, -0.05) is 0 Å². The molecule has 0 rings (SSSR count). The fraction of sp³-hybridized carbons (Fsp3) is 0. The molecule has 0 aliphatic rings. The van der Waals surface area contributed by atoms with Crippen LogP contribution >= 0.6 is 0 Å². The number of hydrogen-bond acceptors (Lipinski definition) is 6. The SMILES string of the molecule is [Na+].[Na+].[O-][Br+2]([O-])[O-].[O-][Br+2]([O-])[O-]. The molecule has 0 aliphatic carbocycles. The van der Waals surface area contributed by atoms with E-state index in [0.717, 1.165) is 0 Å². The van der Waals surface area contributed by atoms with Crippen LogP contribution in [0.2, 0.25) is 0 Å². The Morgan fingerprint density at radius 3 is 0.500 bits per heavy atom. The maximum absolute atomic E-state index is 8.52. The van der Waals surface area contributed by atoms with E-state index in [4.69, 9.17) is 25.2 Å². The van der Waals surface area contributed by atoms with Crippen LogP contribution in [0.15, 0.2) is 0 Å². The summed E-state index contributed by atoms with van der Waals surface area (Å²) in [4.78, 5) is 0. The maximum Gasteiger partial charge on any atom is 1.00 e. The first-order valence-electron chi connectivity index (χ1n) is 0.926. The van der Waals surface area contributed by atoms with Gasteiger partial charge in [-0.2, -0.15) is 0 Å². The molecule has 0 bridgehead atoms. The third kappa shape index (κ3) is 137. The molecular formula is Br2Na2O6. The number of rotatable bonds is 0. The van der Waals surface area contributed by atoms with Crippen molar-refractivity contribution < 1.29 is 114 Å². The average Bonchev–Trinajstić information content (AvgIpc) is 1.25. The van der Waals surface area contributed by atoms with E-state index >= 15 is 0 Å². The van der Waals surface area contributed by atoms with Gasteiger partial charge in [-0.05, 0) is 0 Å². The first-order valence-corrected chi connectivity index (χ1v) is 4.81. The minimum atomic E-state index is -3.65. The molecule has 6 nitrogen and oxygen atoms in total. The molecule has 0 saturated heterocycles. The number of halogens is 2. The average molecular weight is 302 g/mol. The van der Waals surface area contributed by atoms with Crippen LogP contribution in [0.1, 0.15) is 0 Å². The van der Waals surface area contributed by atoms with E-state index in [0.29, 0.717) is 0 Å². The second-order valence-corrected chi connectivity index (χ2v) is 1.96. The molecule has 0 amide bonds. The molecule has 0 heterocycles. The van der Waals surface area contributed by atoms with E-state index in [1.807, 2.05) is 0 Å². The van der Waals surface area contributed by atoms with Crippen molar-refractivity contribution in [2.24, 2.45) is 0 Å². The zero-order chi connectivity index (χ0) is 7.15. The molecule has 0 aromatic rings. The van der Waals surface area contributed by atoms with Crippen LogP contribution in [0.25, 0.3) is 0 Å². The van der Waals surface area contributed by atoms with Crippen molar-refractivity contribution in [3.63, 3.8) is 0 Å². The van der Waals surface area contributed by atoms with Gasteiger partial charge in [-0.15, -0.1) is 0 Å². The van der Waals surface area contributed by atoms with Crippen LogP contribution in [0, 0.1) is 29.6 Å². The molecule has 0 saturated carbocycles. The summed E-state index contributed by atoms with van der Waals surface area (Å²) >= 11 is -7.29. The number of hydrogen-bond donors (Lipinski definition) is 0. The van der Waals surface area contributed by atoms with E-state index in [-0.39, 0.29) is 59.1 Å². The molecule has 0 radical (unpaired) electrons. The van der Waals surface area contributed by atoms with Crippen molar-refractivity contribution in [2.45, 2.75) is 0 Å². The molecule has 0 fully saturated rings. The van der Waals surface area contributed by atoms with Crippen LogP contribution in [-0.2, 0) is 0 Å². The summed E-state index contributed by atoms with van der Waals surface area (Å²) in [5.74, 6) is 0. The van der Waals surface area contributed by atoms with Gasteiger partial charge in [-0.3, -0.25) is 0 Å². The Bertz CT molecular complexity index is 29.2. The topological polar surface area (TPSA) is 138 Å². The minimum Gasteiger partial charge on any atom is -0.405 e. The van der Waals surface area contributed by atoms with Crippen molar-refractivity contribution in [2.75, 3.05) is 0 Å². The Labute approximate surface area is 112 Å². The predicted molar refractivity (Wildman–Crippen MR) is 0 cm³/mol. The maximum atomic E-state index is 8.52. The predicted octanol–water partition coefficient (Wildman–Crippen LogP) is -13.1. The van der Waals surface area contributed by atoms with Crippen LogP contribution in [0.3, 0.4) is 0 Å². The zero-order valence-corrected chi connectivity index (χ0v) is 12.4. The summed E-state index contributed by atoms with van der Waals surface area (Å²) in [5, 5.41) is 0. The molecule has 0 aromatic carbocycles.